The molecule has 0 radical (unpaired) electrons. The number of amides is 3. The van der Waals surface area contributed by atoms with Crippen LogP contribution in [0.25, 0.3) is 0 Å². The fraction of sp³-hybridized carbons (Fsp3) is 0.308. The summed E-state index contributed by atoms with van der Waals surface area (Å²) < 4.78 is 52.9. The quantitative estimate of drug-likeness (QED) is 0.567. The first-order chi connectivity index (χ1) is 11.4. The number of anilines is 1. The smallest absolute Gasteiger partial charge is 0.255 e. The van der Waals surface area contributed by atoms with Gasteiger partial charge in [-0.1, -0.05) is 0 Å². The number of rotatable bonds is 1. The van der Waals surface area contributed by atoms with E-state index in [-0.39, 0.29) is 16.8 Å². The Morgan fingerprint density at radius 2 is 2.20 bits per heavy atom. The Kier molecular flexibility index (Phi) is 1.71. The molecule has 1 aromatic carbocycles. The molecular weight excluding hydrogens is 265 g/mol. The molecule has 1 unspecified atom stereocenters. The van der Waals surface area contributed by atoms with Crippen LogP contribution in [0.2, 0.25) is 0 Å². The molecule has 1 atom stereocenters. The Morgan fingerprint density at radius 3 is 2.95 bits per heavy atom. The van der Waals surface area contributed by atoms with Crippen LogP contribution in [0.1, 0.15) is 35.5 Å². The van der Waals surface area contributed by atoms with E-state index in [4.69, 9.17) is 12.6 Å². The van der Waals surface area contributed by atoms with Gasteiger partial charge in [0.2, 0.25) is 11.8 Å². The van der Waals surface area contributed by atoms with E-state index in [9.17, 15) is 18.8 Å². The van der Waals surface area contributed by atoms with E-state index in [1.54, 1.807) is 5.32 Å². The highest BCUT2D eigenvalue weighted by Gasteiger charge is 2.39. The number of hydrogen-bond donors (Lipinski definition) is 2. The average molecular weight is 282 g/mol. The molecule has 6 nitrogen and oxygen atoms in total. The van der Waals surface area contributed by atoms with Crippen molar-refractivity contribution in [3.63, 3.8) is 0 Å². The van der Waals surface area contributed by atoms with Crippen molar-refractivity contribution in [1.82, 2.24) is 10.2 Å². The molecule has 3 rings (SSSR count). The first-order valence-electron chi connectivity index (χ1n) is 8.11. The molecule has 0 bridgehead atoms. The van der Waals surface area contributed by atoms with Gasteiger partial charge in [-0.2, -0.15) is 0 Å². The molecule has 20 heavy (non-hydrogen) atoms. The lowest BCUT2D eigenvalue weighted by molar-refractivity contribution is -0.136. The topological polar surface area (TPSA) is 92.5 Å². The zero-order chi connectivity index (χ0) is 18.9. The van der Waals surface area contributed by atoms with Crippen molar-refractivity contribution >= 4 is 23.4 Å². The summed E-state index contributed by atoms with van der Waals surface area (Å²) in [6.45, 7) is -0.499. The summed E-state index contributed by atoms with van der Waals surface area (Å²) in [5.41, 5.74) is 5.38. The zero-order valence-electron chi connectivity index (χ0n) is 15.0. The average Bonchev–Trinajstić information content (AvgIpc) is 2.82. The van der Waals surface area contributed by atoms with Gasteiger partial charge in [-0.3, -0.25) is 19.7 Å². The third-order valence-corrected chi connectivity index (χ3v) is 3.05. The molecule has 2 heterocycles. The van der Waals surface area contributed by atoms with E-state index in [0.717, 1.165) is 12.1 Å². The minimum Gasteiger partial charge on any atom is -0.398 e. The molecule has 2 aliphatic rings. The van der Waals surface area contributed by atoms with Crippen molar-refractivity contribution in [2.24, 2.45) is 0 Å². The molecule has 0 saturated carbocycles. The molecule has 7 heteroatoms. The molecule has 3 amide bonds. The largest absolute Gasteiger partial charge is 0.398 e. The number of nitrogen functional groups attached to an aromatic ring is 1. The first-order valence-corrected chi connectivity index (χ1v) is 5.61. The van der Waals surface area contributed by atoms with Crippen LogP contribution in [0, 0.1) is 5.82 Å². The second kappa shape index (κ2) is 4.29. The van der Waals surface area contributed by atoms with Crippen LogP contribution >= 0.6 is 0 Å². The Hall–Kier alpha value is -2.44. The molecule has 1 saturated heterocycles. The van der Waals surface area contributed by atoms with E-state index in [1.807, 2.05) is 0 Å². The molecule has 0 aliphatic carbocycles. The van der Waals surface area contributed by atoms with Gasteiger partial charge in [0.15, 0.2) is 0 Å². The highest BCUT2D eigenvalue weighted by molar-refractivity contribution is 6.06. The Morgan fingerprint density at radius 1 is 1.45 bits per heavy atom. The minimum absolute atomic E-state index is 0.0964. The van der Waals surface area contributed by atoms with Gasteiger partial charge < -0.3 is 10.6 Å². The van der Waals surface area contributed by atoms with Gasteiger partial charge in [0.1, 0.15) is 11.8 Å². The van der Waals surface area contributed by atoms with Crippen LogP contribution < -0.4 is 11.1 Å². The maximum atomic E-state index is 13.5. The normalized spacial score (nSPS) is 34.4. The number of piperidine rings is 1. The van der Waals surface area contributed by atoms with Crippen LogP contribution in [-0.2, 0) is 16.1 Å². The molecule has 1 aromatic rings. The van der Waals surface area contributed by atoms with Gasteiger partial charge >= 0.3 is 0 Å². The van der Waals surface area contributed by atoms with Gasteiger partial charge in [0, 0.05) is 35.2 Å². The summed E-state index contributed by atoms with van der Waals surface area (Å²) in [6.07, 6.45) is -6.63. The van der Waals surface area contributed by atoms with Crippen LogP contribution in [0.3, 0.4) is 0 Å². The van der Waals surface area contributed by atoms with Crippen molar-refractivity contribution in [1.29, 1.82) is 0 Å². The van der Waals surface area contributed by atoms with Crippen molar-refractivity contribution in [3.8, 4) is 0 Å². The predicted molar refractivity (Wildman–Crippen MR) is 66.9 cm³/mol. The highest BCUT2D eigenvalue weighted by Crippen LogP contribution is 2.31. The van der Waals surface area contributed by atoms with E-state index >= 15 is 0 Å². The molecule has 1 fully saturated rings. The van der Waals surface area contributed by atoms with Crippen LogP contribution in [0.15, 0.2) is 12.1 Å². The number of imide groups is 1. The number of nitrogens with zero attached hydrogens (tertiary/aromatic N) is 1. The van der Waals surface area contributed by atoms with Crippen molar-refractivity contribution in [2.45, 2.75) is 25.3 Å². The summed E-state index contributed by atoms with van der Waals surface area (Å²) >= 11 is 0. The lowest BCUT2D eigenvalue weighted by Gasteiger charge is -2.29. The molecule has 2 aliphatic heterocycles. The summed E-state index contributed by atoms with van der Waals surface area (Å²) in [7, 11) is 0. The van der Waals surface area contributed by atoms with Gasteiger partial charge in [-0.15, -0.1) is 0 Å². The third-order valence-electron chi connectivity index (χ3n) is 3.05. The predicted octanol–water partition coefficient (Wildman–Crippen LogP) is 0.169. The molecule has 3 N–H and O–H groups in total. The lowest BCUT2D eigenvalue weighted by Crippen LogP contribution is -2.52. The molecule has 0 aromatic heterocycles. The highest BCUT2D eigenvalue weighted by atomic mass is 19.1. The van der Waals surface area contributed by atoms with E-state index in [0.29, 0.717) is 4.90 Å². The third kappa shape index (κ3) is 1.82. The number of carbonyl (C=O) groups excluding carboxylic acids is 3. The fourth-order valence-corrected chi connectivity index (χ4v) is 2.14. The second-order valence-electron chi connectivity index (χ2n) is 4.29. The van der Waals surface area contributed by atoms with Gasteiger partial charge in [0.25, 0.3) is 5.91 Å². The number of carbonyl (C=O) groups is 3. The first kappa shape index (κ1) is 7.98. The standard InChI is InChI=1S/C13H12FN3O3/c14-6-3-7-8(9(15)4-6)5-17(13(7)20)10-1-2-11(18)16-12(10)19/h3-4,10H,1-2,5,15H2,(H,16,18,19)/i1D2,2D2,10D. The van der Waals surface area contributed by atoms with Gasteiger partial charge in [-0.25, -0.2) is 4.39 Å². The van der Waals surface area contributed by atoms with Crippen LogP contribution in [-0.4, -0.2) is 28.6 Å². The minimum atomic E-state index is -3.37. The van der Waals surface area contributed by atoms with Gasteiger partial charge in [0.05, 0.1) is 1.37 Å². The maximum Gasteiger partial charge on any atom is 0.255 e. The molecule has 0 spiro atoms. The second-order valence-corrected chi connectivity index (χ2v) is 4.29. The monoisotopic (exact) mass is 282 g/mol. The number of benzene rings is 1. The van der Waals surface area contributed by atoms with Crippen molar-refractivity contribution < 1.29 is 25.6 Å². The summed E-state index contributed by atoms with van der Waals surface area (Å²) in [5.74, 6) is -4.91. The number of hydrogen-bond acceptors (Lipinski definition) is 4. The lowest BCUT2D eigenvalue weighted by atomic mass is 10.0. The zero-order valence-corrected chi connectivity index (χ0v) is 9.99. The molecular formula is C13H12FN3O3. The number of nitrogens with two attached hydrogens (primary N) is 1. The van der Waals surface area contributed by atoms with Crippen molar-refractivity contribution in [2.75, 3.05) is 5.73 Å². The van der Waals surface area contributed by atoms with Crippen LogP contribution in [0.5, 0.6) is 0 Å². The van der Waals surface area contributed by atoms with E-state index in [1.165, 1.54) is 0 Å². The summed E-state index contributed by atoms with van der Waals surface area (Å²) in [6, 6.07) is -1.32. The number of fused-ring (bicyclic) bond motifs is 1. The Bertz CT molecular complexity index is 846. The van der Waals surface area contributed by atoms with Crippen LogP contribution in [0.4, 0.5) is 10.1 Å². The van der Waals surface area contributed by atoms with Crippen molar-refractivity contribution in [3.05, 3.63) is 29.1 Å². The SMILES string of the molecule is [2H]C1([2H])C(=O)NC(=O)C([2H])(N2Cc3c(N)cc(F)cc3C2=O)C1([2H])[2H]. The summed E-state index contributed by atoms with van der Waals surface area (Å²) in [5, 5.41) is 1.59. The number of halogens is 1. The fourth-order valence-electron chi connectivity index (χ4n) is 2.14. The van der Waals surface area contributed by atoms with Gasteiger partial charge in [-0.05, 0) is 18.5 Å². The van der Waals surface area contributed by atoms with E-state index < -0.39 is 48.8 Å². The number of nitrogens with one attached hydrogen (secondary N) is 1. The Labute approximate surface area is 120 Å². The maximum absolute atomic E-state index is 13.5. The molecule has 104 valence electrons. The summed E-state index contributed by atoms with van der Waals surface area (Å²) in [4.78, 5) is 36.9. The van der Waals surface area contributed by atoms with E-state index in [2.05, 4.69) is 0 Å². The Balaban J connectivity index is 2.16.